The number of nitrogens with zero attached hydrogens (tertiary/aromatic N) is 3. The van der Waals surface area contributed by atoms with Crippen molar-refractivity contribution in [3.05, 3.63) is 41.2 Å². The van der Waals surface area contributed by atoms with Crippen LogP contribution in [-0.2, 0) is 4.74 Å². The Morgan fingerprint density at radius 2 is 1.85 bits per heavy atom. The summed E-state index contributed by atoms with van der Waals surface area (Å²) >= 11 is 1.90. The molecule has 3 aromatic rings. The van der Waals surface area contributed by atoms with E-state index in [9.17, 15) is 0 Å². The molecule has 0 spiro atoms. The van der Waals surface area contributed by atoms with E-state index >= 15 is 0 Å². The van der Waals surface area contributed by atoms with Crippen molar-refractivity contribution in [2.24, 2.45) is 0 Å². The highest BCUT2D eigenvalue weighted by Crippen LogP contribution is 2.35. The monoisotopic (exact) mass is 479 g/mol. The van der Waals surface area contributed by atoms with Gasteiger partial charge in [-0.15, -0.1) is 0 Å². The van der Waals surface area contributed by atoms with Gasteiger partial charge in [0.25, 0.3) is 0 Å². The van der Waals surface area contributed by atoms with E-state index in [4.69, 9.17) is 12.8 Å². The van der Waals surface area contributed by atoms with Gasteiger partial charge >= 0.3 is 0 Å². The van der Waals surface area contributed by atoms with Crippen LogP contribution in [0.1, 0.15) is 49.6 Å². The lowest BCUT2D eigenvalue weighted by molar-refractivity contribution is 0.164. The molecule has 0 saturated carbocycles. The lowest BCUT2D eigenvalue weighted by Crippen LogP contribution is -2.10. The van der Waals surface area contributed by atoms with Crippen LogP contribution in [0, 0.1) is 13.8 Å². The lowest BCUT2D eigenvalue weighted by atomic mass is 10.0. The van der Waals surface area contributed by atoms with Gasteiger partial charge in [0.05, 0.1) is 34.9 Å². The highest BCUT2D eigenvalue weighted by molar-refractivity contribution is 14.1. The molecule has 0 radical (unpaired) electrons. The summed E-state index contributed by atoms with van der Waals surface area (Å²) in [4.78, 5) is 9.68. The van der Waals surface area contributed by atoms with Gasteiger partial charge in [0.2, 0.25) is 5.88 Å². The summed E-state index contributed by atoms with van der Waals surface area (Å²) in [6, 6.07) is 6.57. The summed E-state index contributed by atoms with van der Waals surface area (Å²) in [5, 5.41) is 0. The number of halogens is 1. The zero-order chi connectivity index (χ0) is 19.7. The van der Waals surface area contributed by atoms with Crippen molar-refractivity contribution in [3.8, 4) is 17.1 Å². The van der Waals surface area contributed by atoms with E-state index in [1.807, 2.05) is 23.0 Å². The first-order valence-electron chi connectivity index (χ1n) is 9.15. The molecule has 0 aliphatic heterocycles. The molecule has 3 heterocycles. The largest absolute Gasteiger partial charge is 0.408 e. The lowest BCUT2D eigenvalue weighted by Gasteiger charge is -2.15. The fourth-order valence-corrected chi connectivity index (χ4v) is 3.74. The topological polar surface area (TPSA) is 49.2 Å². The molecule has 0 bridgehead atoms. The second-order valence-corrected chi connectivity index (χ2v) is 7.81. The van der Waals surface area contributed by atoms with Crippen molar-refractivity contribution < 1.29 is 7.80 Å². The van der Waals surface area contributed by atoms with Crippen LogP contribution in [0.5, 0.6) is 5.88 Å². The van der Waals surface area contributed by atoms with Crippen LogP contribution >= 0.6 is 23.0 Å². The summed E-state index contributed by atoms with van der Waals surface area (Å²) in [5.41, 5.74) is 7.23. The van der Waals surface area contributed by atoms with Crippen molar-refractivity contribution in [1.82, 2.24) is 14.5 Å². The summed E-state index contributed by atoms with van der Waals surface area (Å²) in [7, 11) is 1.73. The molecule has 0 aliphatic carbocycles. The number of fused-ring (bicyclic) bond motifs is 1. The highest BCUT2D eigenvalue weighted by atomic mass is 127. The van der Waals surface area contributed by atoms with Gasteiger partial charge in [-0.25, -0.2) is 9.97 Å². The third kappa shape index (κ3) is 3.82. The molecule has 3 aromatic heterocycles. The van der Waals surface area contributed by atoms with Gasteiger partial charge in [0.1, 0.15) is 0 Å². The van der Waals surface area contributed by atoms with Crippen molar-refractivity contribution in [1.29, 1.82) is 0 Å². The number of ether oxygens (including phenoxy) is 1. The van der Waals surface area contributed by atoms with Crippen molar-refractivity contribution in [2.75, 3.05) is 13.7 Å². The van der Waals surface area contributed by atoms with E-state index in [0.29, 0.717) is 18.4 Å². The van der Waals surface area contributed by atoms with Gasteiger partial charge in [-0.2, -0.15) is 0 Å². The zero-order valence-corrected chi connectivity index (χ0v) is 18.9. The highest BCUT2D eigenvalue weighted by Gasteiger charge is 2.18. The predicted octanol–water partition coefficient (Wildman–Crippen LogP) is 5.77. The van der Waals surface area contributed by atoms with Crippen LogP contribution in [-0.4, -0.2) is 28.3 Å². The Hall–Kier alpha value is -1.67. The van der Waals surface area contributed by atoms with E-state index in [1.54, 1.807) is 7.11 Å². The molecule has 0 aliphatic rings. The van der Waals surface area contributed by atoms with E-state index in [1.165, 1.54) is 0 Å². The molecule has 144 valence electrons. The molecule has 6 heteroatoms. The average molecular weight is 479 g/mol. The van der Waals surface area contributed by atoms with Crippen molar-refractivity contribution >= 4 is 34.0 Å². The van der Waals surface area contributed by atoms with Crippen LogP contribution in [0.3, 0.4) is 0 Å². The Morgan fingerprint density at radius 1 is 1.11 bits per heavy atom. The fourth-order valence-electron chi connectivity index (χ4n) is 3.40. The number of pyridine rings is 2. The Balaban J connectivity index is 2.17. The first-order valence-corrected chi connectivity index (χ1v) is 10.0. The molecule has 27 heavy (non-hydrogen) atoms. The maximum atomic E-state index is 5.56. The second-order valence-electron chi connectivity index (χ2n) is 7.37. The second kappa shape index (κ2) is 8.14. The Morgan fingerprint density at radius 3 is 2.48 bits per heavy atom. The number of hydrogen-bond acceptors (Lipinski definition) is 4. The third-order valence-electron chi connectivity index (χ3n) is 4.86. The van der Waals surface area contributed by atoms with Gasteiger partial charge in [-0.05, 0) is 56.0 Å². The molecule has 1 atom stereocenters. The number of hydrogen-bond donors (Lipinski definition) is 0. The first-order chi connectivity index (χ1) is 12.9. The van der Waals surface area contributed by atoms with E-state index in [-0.39, 0.29) is 6.04 Å². The molecular weight excluding hydrogens is 453 g/mol. The molecule has 1 unspecified atom stereocenters. The van der Waals surface area contributed by atoms with Crippen molar-refractivity contribution in [2.45, 2.75) is 46.6 Å². The maximum Gasteiger partial charge on any atom is 0.234 e. The first kappa shape index (κ1) is 20.1. The SMILES string of the molecule is COCC(C)n1cc(C)c2nc(-c3ccc(C(C)C)nc3OI)c(C)cc21. The minimum Gasteiger partial charge on any atom is -0.408 e. The molecule has 0 N–H and O–H groups in total. The van der Waals surface area contributed by atoms with Gasteiger partial charge in [-0.3, -0.25) is 0 Å². The molecule has 3 rings (SSSR count). The standard InChI is InChI=1S/C21H26IN3O2/c1-12(2)17-8-7-16(21(23-17)27-22)19-13(3)9-18-20(24-19)14(4)10-25(18)15(5)11-26-6/h7-10,12,15H,11H2,1-6H3. The summed E-state index contributed by atoms with van der Waals surface area (Å²) < 4.78 is 13.1. The smallest absolute Gasteiger partial charge is 0.234 e. The zero-order valence-electron chi connectivity index (χ0n) is 16.7. The molecular formula is C21H26IN3O2. The maximum absolute atomic E-state index is 5.56. The van der Waals surface area contributed by atoms with Gasteiger partial charge in [0, 0.05) is 19.0 Å². The fraction of sp³-hybridized carbons (Fsp3) is 0.429. The van der Waals surface area contributed by atoms with Crippen LogP contribution in [0.4, 0.5) is 0 Å². The Labute approximate surface area is 174 Å². The Kier molecular flexibility index (Phi) is 6.05. The molecule has 0 aromatic carbocycles. The summed E-state index contributed by atoms with van der Waals surface area (Å²) in [6.45, 7) is 11.3. The van der Waals surface area contributed by atoms with Gasteiger partial charge < -0.3 is 12.4 Å². The van der Waals surface area contributed by atoms with Gasteiger partial charge in [-0.1, -0.05) is 13.8 Å². The number of aryl methyl sites for hydroxylation is 2. The summed E-state index contributed by atoms with van der Waals surface area (Å²) in [5.74, 6) is 0.959. The van der Waals surface area contributed by atoms with Crippen LogP contribution in [0.2, 0.25) is 0 Å². The van der Waals surface area contributed by atoms with Gasteiger partial charge in [0.15, 0.2) is 23.0 Å². The molecule has 0 saturated heterocycles. The number of aromatic nitrogens is 3. The predicted molar refractivity (Wildman–Crippen MR) is 118 cm³/mol. The number of rotatable bonds is 6. The van der Waals surface area contributed by atoms with Crippen LogP contribution in [0.15, 0.2) is 24.4 Å². The van der Waals surface area contributed by atoms with E-state index < -0.39 is 0 Å². The molecule has 5 nitrogen and oxygen atoms in total. The number of methoxy groups -OCH3 is 1. The summed E-state index contributed by atoms with van der Waals surface area (Å²) in [6.07, 6.45) is 2.15. The minimum atomic E-state index is 0.249. The van der Waals surface area contributed by atoms with Crippen LogP contribution < -0.4 is 3.07 Å². The quantitative estimate of drug-likeness (QED) is 0.421. The Bertz CT molecular complexity index is 966. The average Bonchev–Trinajstić information content (AvgIpc) is 2.96. The van der Waals surface area contributed by atoms with Crippen LogP contribution in [0.25, 0.3) is 22.3 Å². The normalized spacial score (nSPS) is 12.7. The minimum absolute atomic E-state index is 0.249. The van der Waals surface area contributed by atoms with Crippen molar-refractivity contribution in [3.63, 3.8) is 0 Å². The molecule has 0 fully saturated rings. The van der Waals surface area contributed by atoms with E-state index in [2.05, 4.69) is 68.6 Å². The molecule has 0 amide bonds. The van der Waals surface area contributed by atoms with E-state index in [0.717, 1.165) is 39.1 Å². The third-order valence-corrected chi connectivity index (χ3v) is 5.28.